The van der Waals surface area contributed by atoms with Crippen LogP contribution >= 0.6 is 0 Å². The number of carbonyl (C=O) groups is 1. The maximum atomic E-state index is 12.7. The molecule has 1 saturated heterocycles. The molecule has 1 N–H and O–H groups in total. The van der Waals surface area contributed by atoms with Crippen molar-refractivity contribution in [2.24, 2.45) is 0 Å². The third kappa shape index (κ3) is 4.94. The van der Waals surface area contributed by atoms with Gasteiger partial charge >= 0.3 is 0 Å². The van der Waals surface area contributed by atoms with Crippen molar-refractivity contribution in [2.45, 2.75) is 39.0 Å². The normalized spacial score (nSPS) is 16.0. The Hall–Kier alpha value is -2.14. The summed E-state index contributed by atoms with van der Waals surface area (Å²) in [5.41, 5.74) is 2.97. The van der Waals surface area contributed by atoms with Crippen LogP contribution in [0.1, 0.15) is 54.4 Å². The number of H-pyrrole nitrogens is 1. The van der Waals surface area contributed by atoms with Gasteiger partial charge in [0.25, 0.3) is 5.91 Å². The highest BCUT2D eigenvalue weighted by Crippen LogP contribution is 2.14. The quantitative estimate of drug-likeness (QED) is 0.866. The molecule has 0 unspecified atom stereocenters. The van der Waals surface area contributed by atoms with Crippen LogP contribution in [0.5, 0.6) is 0 Å². The Morgan fingerprint density at radius 2 is 1.96 bits per heavy atom. The maximum absolute atomic E-state index is 12.7. The van der Waals surface area contributed by atoms with Crippen molar-refractivity contribution in [3.05, 3.63) is 53.3 Å². The van der Waals surface area contributed by atoms with E-state index < -0.39 is 0 Å². The average Bonchev–Trinajstić information content (AvgIpc) is 3.03. The predicted molar refractivity (Wildman–Crippen MR) is 104 cm³/mol. The minimum absolute atomic E-state index is 0.0549. The Morgan fingerprint density at radius 1 is 1.15 bits per heavy atom. The third-order valence-corrected chi connectivity index (χ3v) is 5.10. The molecule has 3 rings (SSSR count). The molecule has 1 amide bonds. The molecule has 0 aliphatic carbocycles. The van der Waals surface area contributed by atoms with Crippen LogP contribution < -0.4 is 0 Å². The maximum Gasteiger partial charge on any atom is 0.274 e. The zero-order valence-corrected chi connectivity index (χ0v) is 15.9. The van der Waals surface area contributed by atoms with Gasteiger partial charge in [0.1, 0.15) is 5.69 Å². The lowest BCUT2D eigenvalue weighted by atomic mass is 10.1. The number of nitrogens with one attached hydrogen (secondary N) is 1. The first-order chi connectivity index (χ1) is 12.6. The predicted octanol–water partition coefficient (Wildman–Crippen LogP) is 3.31. The second-order valence-corrected chi connectivity index (χ2v) is 7.44. The zero-order valence-electron chi connectivity index (χ0n) is 15.9. The molecule has 5 nitrogen and oxygen atoms in total. The fourth-order valence-electron chi connectivity index (χ4n) is 3.45. The van der Waals surface area contributed by atoms with Gasteiger partial charge in [0, 0.05) is 25.3 Å². The summed E-state index contributed by atoms with van der Waals surface area (Å²) >= 11 is 0. The van der Waals surface area contributed by atoms with E-state index in [1.807, 2.05) is 11.0 Å². The van der Waals surface area contributed by atoms with Crippen molar-refractivity contribution in [1.82, 2.24) is 20.0 Å². The second-order valence-electron chi connectivity index (χ2n) is 7.44. The minimum atomic E-state index is 0.0549. The third-order valence-electron chi connectivity index (χ3n) is 5.10. The highest BCUT2D eigenvalue weighted by Gasteiger charge is 2.22. The molecule has 1 aliphatic rings. The summed E-state index contributed by atoms with van der Waals surface area (Å²) in [6, 6.07) is 12.5. The Bertz CT molecular complexity index is 695. The second kappa shape index (κ2) is 8.99. The summed E-state index contributed by atoms with van der Waals surface area (Å²) < 4.78 is 0. The fourth-order valence-corrected chi connectivity index (χ4v) is 3.45. The summed E-state index contributed by atoms with van der Waals surface area (Å²) in [5, 5.41) is 7.20. The van der Waals surface area contributed by atoms with Gasteiger partial charge in [-0.25, -0.2) is 0 Å². The van der Waals surface area contributed by atoms with Crippen molar-refractivity contribution in [2.75, 3.05) is 32.7 Å². The molecule has 1 aromatic carbocycles. The van der Waals surface area contributed by atoms with Crippen LogP contribution in [0.2, 0.25) is 0 Å². The lowest BCUT2D eigenvalue weighted by Crippen LogP contribution is -2.35. The number of aromatic nitrogens is 2. The first kappa shape index (κ1) is 18.6. The van der Waals surface area contributed by atoms with E-state index in [0.717, 1.165) is 57.7 Å². The van der Waals surface area contributed by atoms with Gasteiger partial charge in [-0.15, -0.1) is 0 Å². The Kier molecular flexibility index (Phi) is 6.45. The number of aromatic amines is 1. The van der Waals surface area contributed by atoms with E-state index in [4.69, 9.17) is 0 Å². The summed E-state index contributed by atoms with van der Waals surface area (Å²) in [6.45, 7) is 8.91. The van der Waals surface area contributed by atoms with Crippen LogP contribution in [0.4, 0.5) is 0 Å². The topological polar surface area (TPSA) is 52.2 Å². The van der Waals surface area contributed by atoms with Crippen LogP contribution in [-0.2, 0) is 6.42 Å². The van der Waals surface area contributed by atoms with Gasteiger partial charge in [-0.1, -0.05) is 44.2 Å². The smallest absolute Gasteiger partial charge is 0.274 e. The van der Waals surface area contributed by atoms with Gasteiger partial charge in [-0.05, 0) is 49.9 Å². The van der Waals surface area contributed by atoms with Gasteiger partial charge in [0.2, 0.25) is 0 Å². The van der Waals surface area contributed by atoms with Gasteiger partial charge in [-0.2, -0.15) is 5.10 Å². The van der Waals surface area contributed by atoms with Crippen LogP contribution in [0.25, 0.3) is 0 Å². The van der Waals surface area contributed by atoms with Crippen LogP contribution in [0.3, 0.4) is 0 Å². The van der Waals surface area contributed by atoms with Gasteiger partial charge in [-0.3, -0.25) is 9.89 Å². The molecule has 26 heavy (non-hydrogen) atoms. The molecule has 140 valence electrons. The molecule has 0 radical (unpaired) electrons. The van der Waals surface area contributed by atoms with E-state index in [-0.39, 0.29) is 5.91 Å². The Labute approximate surface area is 156 Å². The molecular formula is C21H30N4O. The monoisotopic (exact) mass is 354 g/mol. The lowest BCUT2D eigenvalue weighted by molar-refractivity contribution is 0.0755. The molecule has 5 heteroatoms. The van der Waals surface area contributed by atoms with Crippen molar-refractivity contribution >= 4 is 5.91 Å². The summed E-state index contributed by atoms with van der Waals surface area (Å²) in [5.74, 6) is 0.410. The van der Waals surface area contributed by atoms with E-state index >= 15 is 0 Å². The minimum Gasteiger partial charge on any atom is -0.336 e. The van der Waals surface area contributed by atoms with Crippen molar-refractivity contribution < 1.29 is 4.79 Å². The molecule has 0 atom stereocenters. The molecule has 0 saturated carbocycles. The molecule has 1 fully saturated rings. The fraction of sp³-hybridized carbons (Fsp3) is 0.524. The first-order valence-corrected chi connectivity index (χ1v) is 9.74. The molecule has 2 heterocycles. The van der Waals surface area contributed by atoms with Crippen molar-refractivity contribution in [1.29, 1.82) is 0 Å². The zero-order chi connectivity index (χ0) is 18.4. The summed E-state index contributed by atoms with van der Waals surface area (Å²) in [6.07, 6.45) is 3.30. The Morgan fingerprint density at radius 3 is 2.69 bits per heavy atom. The molecule has 1 aromatic heterocycles. The van der Waals surface area contributed by atoms with Crippen LogP contribution in [0.15, 0.2) is 36.4 Å². The average molecular weight is 354 g/mol. The van der Waals surface area contributed by atoms with Crippen molar-refractivity contribution in [3.8, 4) is 0 Å². The largest absolute Gasteiger partial charge is 0.336 e. The standard InChI is InChI=1S/C21H30N4O/c1-17(2)19-16-20(23-22-19)21(26)25-13-7-12-24(14-15-25)11-6-10-18-8-4-3-5-9-18/h3-5,8-9,16-17H,6-7,10-15H2,1-2H3,(H,22,23). The number of benzene rings is 1. The number of aryl methyl sites for hydroxylation is 1. The lowest BCUT2D eigenvalue weighted by Gasteiger charge is -2.21. The number of nitrogens with zero attached hydrogens (tertiary/aromatic N) is 3. The van der Waals surface area contributed by atoms with Gasteiger partial charge in [0.15, 0.2) is 0 Å². The highest BCUT2D eigenvalue weighted by atomic mass is 16.2. The molecular weight excluding hydrogens is 324 g/mol. The molecule has 1 aliphatic heterocycles. The van der Waals surface area contributed by atoms with E-state index in [9.17, 15) is 4.79 Å². The number of carbonyl (C=O) groups excluding carboxylic acids is 1. The van der Waals surface area contributed by atoms with E-state index in [1.165, 1.54) is 5.56 Å². The van der Waals surface area contributed by atoms with Gasteiger partial charge in [0.05, 0.1) is 0 Å². The Balaban J connectivity index is 1.47. The summed E-state index contributed by atoms with van der Waals surface area (Å²) in [7, 11) is 0. The van der Waals surface area contributed by atoms with Crippen LogP contribution in [0, 0.1) is 0 Å². The van der Waals surface area contributed by atoms with Crippen LogP contribution in [-0.4, -0.2) is 58.6 Å². The number of rotatable bonds is 6. The van der Waals surface area contributed by atoms with E-state index in [1.54, 1.807) is 0 Å². The summed E-state index contributed by atoms with van der Waals surface area (Å²) in [4.78, 5) is 17.2. The molecule has 0 bridgehead atoms. The SMILES string of the molecule is CC(C)c1cc(C(=O)N2CCCN(CCCc3ccccc3)CC2)n[nH]1. The number of hydrogen-bond donors (Lipinski definition) is 1. The number of amides is 1. The van der Waals surface area contributed by atoms with Crippen molar-refractivity contribution in [3.63, 3.8) is 0 Å². The molecule has 0 spiro atoms. The number of hydrogen-bond acceptors (Lipinski definition) is 3. The van der Waals surface area contributed by atoms with E-state index in [0.29, 0.717) is 11.6 Å². The van der Waals surface area contributed by atoms with E-state index in [2.05, 4.69) is 59.3 Å². The van der Waals surface area contributed by atoms with Gasteiger partial charge < -0.3 is 9.80 Å². The first-order valence-electron chi connectivity index (χ1n) is 9.74. The molecule has 2 aromatic rings. The highest BCUT2D eigenvalue weighted by molar-refractivity contribution is 5.92.